The summed E-state index contributed by atoms with van der Waals surface area (Å²) < 4.78 is 0. The largest absolute Gasteiger partial charge is 0.355 e. The molecule has 6 nitrogen and oxygen atoms in total. The molecule has 0 atom stereocenters. The normalized spacial score (nSPS) is 12.4. The maximum Gasteiger partial charge on any atom is 0.252 e. The summed E-state index contributed by atoms with van der Waals surface area (Å²) in [5.41, 5.74) is 0.555. The molecule has 2 N–H and O–H groups in total. The maximum absolute atomic E-state index is 12.0. The summed E-state index contributed by atoms with van der Waals surface area (Å²) in [4.78, 5) is 30.0. The van der Waals surface area contributed by atoms with E-state index in [1.807, 2.05) is 7.05 Å². The van der Waals surface area contributed by atoms with Gasteiger partial charge >= 0.3 is 0 Å². The van der Waals surface area contributed by atoms with E-state index < -0.39 is 0 Å². The molecule has 0 saturated carbocycles. The van der Waals surface area contributed by atoms with Gasteiger partial charge in [0.2, 0.25) is 5.91 Å². The molecule has 212 valence electrons. The van der Waals surface area contributed by atoms with Crippen LogP contribution in [0.15, 0.2) is 97.4 Å². The van der Waals surface area contributed by atoms with Gasteiger partial charge in [0.15, 0.2) is 0 Å². The van der Waals surface area contributed by atoms with Gasteiger partial charge in [-0.1, -0.05) is 79.8 Å². The van der Waals surface area contributed by atoms with Gasteiger partial charge in [0.1, 0.15) is 0 Å². The lowest BCUT2D eigenvalue weighted by Crippen LogP contribution is -2.37. The number of likely N-dealkylation sites (N-methyl/N-ethyl adjacent to an activating group) is 1. The fourth-order valence-corrected chi connectivity index (χ4v) is 3.40. The molecule has 1 aromatic rings. The number of carbonyl (C=O) groups is 2. The summed E-state index contributed by atoms with van der Waals surface area (Å²) in [7, 11) is 1.97. The van der Waals surface area contributed by atoms with Gasteiger partial charge < -0.3 is 15.5 Å². The summed E-state index contributed by atoms with van der Waals surface area (Å²) in [6.07, 6.45) is 36.5. The number of nitrogens with zero attached hydrogens (tertiary/aromatic N) is 2. The van der Waals surface area contributed by atoms with Crippen LogP contribution in [0.25, 0.3) is 0 Å². The Morgan fingerprint density at radius 3 is 1.79 bits per heavy atom. The van der Waals surface area contributed by atoms with Crippen LogP contribution in [-0.2, 0) is 4.79 Å². The highest BCUT2D eigenvalue weighted by Gasteiger charge is 2.05. The third kappa shape index (κ3) is 21.1. The van der Waals surface area contributed by atoms with Gasteiger partial charge in [-0.15, -0.1) is 0 Å². The molecule has 1 rings (SSSR count). The van der Waals surface area contributed by atoms with Crippen LogP contribution in [0.2, 0.25) is 0 Å². The van der Waals surface area contributed by atoms with Crippen molar-refractivity contribution in [2.75, 3.05) is 33.2 Å². The van der Waals surface area contributed by atoms with Crippen LogP contribution < -0.4 is 10.6 Å². The number of allylic oxidation sites excluding steroid dienone is 12. The second-order valence-electron chi connectivity index (χ2n) is 9.10. The minimum atomic E-state index is -0.126. The van der Waals surface area contributed by atoms with Crippen LogP contribution in [0.5, 0.6) is 0 Å². The zero-order valence-corrected chi connectivity index (χ0v) is 23.9. The SMILES string of the molecule is CC/C=C\C/C=C\C/C=C\C/C=C\C/C=C\C/C=C\CCC(=O)NCCN(C)CCNC(=O)c1cccnc1. The van der Waals surface area contributed by atoms with Crippen molar-refractivity contribution >= 4 is 11.8 Å². The van der Waals surface area contributed by atoms with Gasteiger partial charge in [0.05, 0.1) is 5.56 Å². The van der Waals surface area contributed by atoms with Crippen molar-refractivity contribution < 1.29 is 9.59 Å². The zero-order valence-electron chi connectivity index (χ0n) is 23.9. The van der Waals surface area contributed by atoms with Gasteiger partial charge in [-0.25, -0.2) is 0 Å². The third-order valence-electron chi connectivity index (χ3n) is 5.65. The summed E-state index contributed by atoms with van der Waals surface area (Å²) >= 11 is 0. The molecule has 0 aliphatic heterocycles. The number of pyridine rings is 1. The molecule has 0 fully saturated rings. The summed E-state index contributed by atoms with van der Waals surface area (Å²) in [6, 6.07) is 3.48. The summed E-state index contributed by atoms with van der Waals surface area (Å²) in [5.74, 6) is -0.0630. The van der Waals surface area contributed by atoms with Crippen molar-refractivity contribution in [3.63, 3.8) is 0 Å². The van der Waals surface area contributed by atoms with Crippen molar-refractivity contribution in [1.29, 1.82) is 0 Å². The Labute approximate surface area is 236 Å². The van der Waals surface area contributed by atoms with Gasteiger partial charge in [-0.3, -0.25) is 14.6 Å². The number of nitrogens with one attached hydrogen (secondary N) is 2. The monoisotopic (exact) mass is 532 g/mol. The van der Waals surface area contributed by atoms with E-state index in [0.717, 1.165) is 51.5 Å². The van der Waals surface area contributed by atoms with Crippen LogP contribution in [0.4, 0.5) is 0 Å². The van der Waals surface area contributed by atoms with E-state index >= 15 is 0 Å². The highest BCUT2D eigenvalue weighted by molar-refractivity contribution is 5.93. The van der Waals surface area contributed by atoms with Gasteiger partial charge in [-0.2, -0.15) is 0 Å². The Morgan fingerprint density at radius 1 is 0.769 bits per heavy atom. The molecule has 0 unspecified atom stereocenters. The molecule has 0 aromatic carbocycles. The van der Waals surface area contributed by atoms with Crippen molar-refractivity contribution in [2.45, 2.75) is 58.3 Å². The fourth-order valence-electron chi connectivity index (χ4n) is 3.40. The molecule has 0 saturated heterocycles. The molecule has 39 heavy (non-hydrogen) atoms. The number of aromatic nitrogens is 1. The van der Waals surface area contributed by atoms with E-state index in [9.17, 15) is 9.59 Å². The molecule has 2 amide bonds. The molecule has 0 aliphatic carbocycles. The smallest absolute Gasteiger partial charge is 0.252 e. The predicted molar refractivity (Wildman–Crippen MR) is 165 cm³/mol. The molecular weight excluding hydrogens is 484 g/mol. The first-order valence-electron chi connectivity index (χ1n) is 14.2. The van der Waals surface area contributed by atoms with E-state index in [4.69, 9.17) is 0 Å². The van der Waals surface area contributed by atoms with Crippen LogP contribution in [0.3, 0.4) is 0 Å². The first-order valence-corrected chi connectivity index (χ1v) is 14.2. The molecule has 6 heteroatoms. The second-order valence-corrected chi connectivity index (χ2v) is 9.10. The first-order chi connectivity index (χ1) is 19.1. The predicted octanol–water partition coefficient (Wildman–Crippen LogP) is 6.34. The zero-order chi connectivity index (χ0) is 28.2. The molecule has 0 aliphatic rings. The van der Waals surface area contributed by atoms with Crippen molar-refractivity contribution in [3.8, 4) is 0 Å². The minimum Gasteiger partial charge on any atom is -0.355 e. The average Bonchev–Trinajstić information content (AvgIpc) is 2.94. The van der Waals surface area contributed by atoms with E-state index in [0.29, 0.717) is 31.6 Å². The van der Waals surface area contributed by atoms with Crippen LogP contribution in [0, 0.1) is 0 Å². The Morgan fingerprint density at radius 2 is 1.28 bits per heavy atom. The molecule has 1 aromatic heterocycles. The Hall–Kier alpha value is -3.51. The van der Waals surface area contributed by atoms with Crippen LogP contribution >= 0.6 is 0 Å². The highest BCUT2D eigenvalue weighted by atomic mass is 16.2. The van der Waals surface area contributed by atoms with Gasteiger partial charge in [0.25, 0.3) is 5.91 Å². The number of carbonyl (C=O) groups excluding carboxylic acids is 2. The fraction of sp³-hybridized carbons (Fsp3) is 0.424. The standard InChI is InChI=1S/C33H48N4O2/c1-3-4-5-6-7-8-9-10-11-12-13-14-15-16-17-18-19-20-21-24-32(38)35-26-28-37(2)29-27-36-33(39)31-23-22-25-34-30-31/h4-5,7-8,10-11,13-14,16-17,19-20,22-23,25,30H,3,6,9,12,15,18,21,24,26-29H2,1-2H3,(H,35,38)(H,36,39)/b5-4-,8-7-,11-10-,14-13-,17-16-,20-19-. The van der Waals surface area contributed by atoms with Gasteiger partial charge in [0, 0.05) is 45.0 Å². The lowest BCUT2D eigenvalue weighted by molar-refractivity contribution is -0.121. The Kier molecular flexibility index (Phi) is 21.3. The highest BCUT2D eigenvalue weighted by Crippen LogP contribution is 1.98. The first kappa shape index (κ1) is 33.5. The number of hydrogen-bond acceptors (Lipinski definition) is 4. The molecule has 0 radical (unpaired) electrons. The van der Waals surface area contributed by atoms with E-state index in [1.54, 1.807) is 24.5 Å². The van der Waals surface area contributed by atoms with Crippen LogP contribution in [-0.4, -0.2) is 54.9 Å². The summed E-state index contributed by atoms with van der Waals surface area (Å²) in [5, 5.41) is 5.83. The lowest BCUT2D eigenvalue weighted by Gasteiger charge is -2.17. The number of amides is 2. The van der Waals surface area contributed by atoms with Crippen molar-refractivity contribution in [1.82, 2.24) is 20.5 Å². The molecule has 0 spiro atoms. The number of hydrogen-bond donors (Lipinski definition) is 2. The third-order valence-corrected chi connectivity index (χ3v) is 5.65. The van der Waals surface area contributed by atoms with E-state index in [2.05, 4.69) is 100 Å². The molecule has 1 heterocycles. The van der Waals surface area contributed by atoms with Crippen LogP contribution in [0.1, 0.15) is 68.6 Å². The Balaban J connectivity index is 1.97. The lowest BCUT2D eigenvalue weighted by atomic mass is 10.2. The summed E-state index contributed by atoms with van der Waals surface area (Å²) in [6.45, 7) is 4.73. The minimum absolute atomic E-state index is 0.0628. The van der Waals surface area contributed by atoms with Crippen molar-refractivity contribution in [3.05, 3.63) is 103 Å². The molecular formula is C33H48N4O2. The van der Waals surface area contributed by atoms with Crippen molar-refractivity contribution in [2.24, 2.45) is 0 Å². The second kappa shape index (κ2) is 24.8. The quantitative estimate of drug-likeness (QED) is 0.181. The van der Waals surface area contributed by atoms with E-state index in [1.165, 1.54) is 0 Å². The molecule has 0 bridgehead atoms. The Bertz CT molecular complexity index is 946. The number of rotatable bonds is 21. The van der Waals surface area contributed by atoms with Gasteiger partial charge in [-0.05, 0) is 64.1 Å². The topological polar surface area (TPSA) is 74.3 Å². The van der Waals surface area contributed by atoms with E-state index in [-0.39, 0.29) is 11.8 Å². The maximum atomic E-state index is 12.0. The average molecular weight is 533 g/mol.